The zero-order valence-electron chi connectivity index (χ0n) is 24.2. The number of carbonyl (C=O) groups is 2. The fourth-order valence-corrected chi connectivity index (χ4v) is 5.89. The first kappa shape index (κ1) is 30.3. The molecule has 0 radical (unpaired) electrons. The first-order chi connectivity index (χ1) is 20.8. The molecule has 0 fully saturated rings. The van der Waals surface area contributed by atoms with Crippen LogP contribution in [0.2, 0.25) is 0 Å². The van der Waals surface area contributed by atoms with Crippen LogP contribution in [-0.4, -0.2) is 57.3 Å². The van der Waals surface area contributed by atoms with Crippen molar-refractivity contribution in [2.24, 2.45) is 12.1 Å². The van der Waals surface area contributed by atoms with Gasteiger partial charge in [-0.1, -0.05) is 69.7 Å². The molecule has 2 amide bonds. The van der Waals surface area contributed by atoms with Crippen LogP contribution in [0.15, 0.2) is 81.5 Å². The summed E-state index contributed by atoms with van der Waals surface area (Å²) in [4.78, 5) is 26.3. The van der Waals surface area contributed by atoms with Crippen molar-refractivity contribution >= 4 is 45.2 Å². The SMILES string of the molecule is COc1cccc([C@H]2CC(c3ccc(Br)cc3)=NN2C(=O)CSc2nnc(CNC(=O)c3cccc(C)c3)n2C)c1OC. The Hall–Kier alpha value is -4.16. The highest BCUT2D eigenvalue weighted by atomic mass is 79.9. The molecule has 1 N–H and O–H groups in total. The number of amides is 2. The Kier molecular flexibility index (Phi) is 9.46. The molecule has 4 aromatic rings. The van der Waals surface area contributed by atoms with Crippen molar-refractivity contribution in [3.05, 3.63) is 99.3 Å². The van der Waals surface area contributed by atoms with E-state index in [9.17, 15) is 9.59 Å². The van der Waals surface area contributed by atoms with Gasteiger partial charge < -0.3 is 19.4 Å². The van der Waals surface area contributed by atoms with Crippen LogP contribution in [0.1, 0.15) is 45.3 Å². The largest absolute Gasteiger partial charge is 0.493 e. The van der Waals surface area contributed by atoms with Gasteiger partial charge in [-0.3, -0.25) is 9.59 Å². The Morgan fingerprint density at radius 3 is 2.53 bits per heavy atom. The number of hydrogen-bond donors (Lipinski definition) is 1. The highest BCUT2D eigenvalue weighted by Crippen LogP contribution is 2.42. The van der Waals surface area contributed by atoms with Crippen LogP contribution in [0.5, 0.6) is 11.5 Å². The molecule has 0 aliphatic carbocycles. The van der Waals surface area contributed by atoms with Crippen LogP contribution in [-0.2, 0) is 18.4 Å². The van der Waals surface area contributed by atoms with Gasteiger partial charge in [-0.25, -0.2) is 5.01 Å². The van der Waals surface area contributed by atoms with E-state index in [2.05, 4.69) is 31.4 Å². The summed E-state index contributed by atoms with van der Waals surface area (Å²) in [7, 11) is 4.98. The number of nitrogens with one attached hydrogen (secondary N) is 1. The van der Waals surface area contributed by atoms with E-state index in [4.69, 9.17) is 14.6 Å². The van der Waals surface area contributed by atoms with Gasteiger partial charge in [-0.2, -0.15) is 5.10 Å². The predicted octanol–water partition coefficient (Wildman–Crippen LogP) is 5.30. The summed E-state index contributed by atoms with van der Waals surface area (Å²) in [6.07, 6.45) is 0.510. The molecule has 222 valence electrons. The van der Waals surface area contributed by atoms with Crippen LogP contribution in [0.3, 0.4) is 0 Å². The number of benzene rings is 3. The normalized spacial score (nSPS) is 14.4. The fourth-order valence-electron chi connectivity index (χ4n) is 4.84. The molecule has 1 aliphatic rings. The smallest absolute Gasteiger partial charge is 0.253 e. The number of halogens is 1. The molecule has 0 spiro atoms. The van der Waals surface area contributed by atoms with Crippen molar-refractivity contribution in [1.82, 2.24) is 25.1 Å². The molecular formula is C31H31BrN6O4S. The maximum absolute atomic E-state index is 13.7. The molecule has 12 heteroatoms. The first-order valence-electron chi connectivity index (χ1n) is 13.5. The second kappa shape index (κ2) is 13.4. The Morgan fingerprint density at radius 2 is 1.81 bits per heavy atom. The van der Waals surface area contributed by atoms with Crippen LogP contribution in [0.25, 0.3) is 0 Å². The molecule has 5 rings (SSSR count). The minimum absolute atomic E-state index is 0.0848. The summed E-state index contributed by atoms with van der Waals surface area (Å²) in [6.45, 7) is 2.14. The van der Waals surface area contributed by atoms with Gasteiger partial charge in [0.05, 0.1) is 38.3 Å². The van der Waals surface area contributed by atoms with E-state index in [1.165, 1.54) is 16.8 Å². The van der Waals surface area contributed by atoms with Crippen molar-refractivity contribution in [2.45, 2.75) is 31.1 Å². The van der Waals surface area contributed by atoms with E-state index in [-0.39, 0.29) is 30.2 Å². The minimum atomic E-state index is -0.385. The molecule has 10 nitrogen and oxygen atoms in total. The van der Waals surface area contributed by atoms with Gasteiger partial charge in [0.15, 0.2) is 22.5 Å². The number of hydrazone groups is 1. The number of aryl methyl sites for hydroxylation is 1. The lowest BCUT2D eigenvalue weighted by molar-refractivity contribution is -0.130. The molecule has 2 heterocycles. The number of ether oxygens (including phenoxy) is 2. The monoisotopic (exact) mass is 662 g/mol. The molecule has 0 saturated heterocycles. The standard InChI is InChI=1S/C31H31BrN6O4S/c1-19-7-5-8-21(15-19)30(40)33-17-27-34-35-31(37(27)2)43-18-28(39)38-25(23-9-6-10-26(41-3)29(23)42-4)16-24(36-38)20-11-13-22(32)14-12-20/h5-15,25H,16-18H2,1-4H3,(H,33,40)/t25-/m1/s1. The number of rotatable bonds is 10. The molecule has 0 bridgehead atoms. The quantitative estimate of drug-likeness (QED) is 0.229. The molecule has 43 heavy (non-hydrogen) atoms. The van der Waals surface area contributed by atoms with Crippen molar-refractivity contribution in [1.29, 1.82) is 0 Å². The summed E-state index contributed by atoms with van der Waals surface area (Å²) >= 11 is 4.74. The second-order valence-electron chi connectivity index (χ2n) is 9.89. The van der Waals surface area contributed by atoms with E-state index < -0.39 is 0 Å². The van der Waals surface area contributed by atoms with Gasteiger partial charge in [0.1, 0.15) is 0 Å². The molecule has 3 aromatic carbocycles. The lowest BCUT2D eigenvalue weighted by atomic mass is 9.97. The Labute approximate surface area is 262 Å². The minimum Gasteiger partial charge on any atom is -0.493 e. The summed E-state index contributed by atoms with van der Waals surface area (Å²) in [5.41, 5.74) is 4.13. The average Bonchev–Trinajstić information content (AvgIpc) is 3.62. The number of aromatic nitrogens is 3. The lowest BCUT2D eigenvalue weighted by Crippen LogP contribution is -2.29. The van der Waals surface area contributed by atoms with E-state index in [1.54, 1.807) is 24.9 Å². The van der Waals surface area contributed by atoms with Crippen LogP contribution >= 0.6 is 27.7 Å². The highest BCUT2D eigenvalue weighted by Gasteiger charge is 2.35. The number of methoxy groups -OCH3 is 2. The van der Waals surface area contributed by atoms with Gasteiger partial charge >= 0.3 is 0 Å². The number of para-hydroxylation sites is 1. The number of nitrogens with zero attached hydrogens (tertiary/aromatic N) is 5. The average molecular weight is 664 g/mol. The highest BCUT2D eigenvalue weighted by molar-refractivity contribution is 9.10. The lowest BCUT2D eigenvalue weighted by Gasteiger charge is -2.24. The van der Waals surface area contributed by atoms with Gasteiger partial charge in [0, 0.05) is 29.1 Å². The van der Waals surface area contributed by atoms with Crippen molar-refractivity contribution in [3.8, 4) is 11.5 Å². The fraction of sp³-hybridized carbons (Fsp3) is 0.258. The van der Waals surface area contributed by atoms with E-state index in [0.717, 1.165) is 26.9 Å². The van der Waals surface area contributed by atoms with Crippen LogP contribution in [0, 0.1) is 6.92 Å². The summed E-state index contributed by atoms with van der Waals surface area (Å²) in [5.74, 6) is 1.43. The van der Waals surface area contributed by atoms with Crippen LogP contribution in [0.4, 0.5) is 0 Å². The first-order valence-corrected chi connectivity index (χ1v) is 15.3. The van der Waals surface area contributed by atoms with Gasteiger partial charge in [-0.15, -0.1) is 10.2 Å². The molecule has 0 saturated carbocycles. The third kappa shape index (κ3) is 6.75. The summed E-state index contributed by atoms with van der Waals surface area (Å²) in [6, 6.07) is 20.5. The predicted molar refractivity (Wildman–Crippen MR) is 169 cm³/mol. The van der Waals surface area contributed by atoms with Crippen molar-refractivity contribution in [2.75, 3.05) is 20.0 Å². The third-order valence-corrected chi connectivity index (χ3v) is 8.61. The van der Waals surface area contributed by atoms with E-state index >= 15 is 0 Å². The van der Waals surface area contributed by atoms with Crippen molar-refractivity contribution in [3.63, 3.8) is 0 Å². The molecule has 0 unspecified atom stereocenters. The van der Waals surface area contributed by atoms with E-state index in [1.807, 2.05) is 74.6 Å². The number of carbonyl (C=O) groups excluding carboxylic acids is 2. The summed E-state index contributed by atoms with van der Waals surface area (Å²) < 4.78 is 14.0. The zero-order chi connectivity index (χ0) is 30.5. The Balaban J connectivity index is 1.32. The Morgan fingerprint density at radius 1 is 1.05 bits per heavy atom. The van der Waals surface area contributed by atoms with E-state index in [0.29, 0.717) is 34.5 Å². The number of hydrogen-bond acceptors (Lipinski definition) is 8. The molecule has 1 atom stereocenters. The molecular weight excluding hydrogens is 632 g/mol. The maximum atomic E-state index is 13.7. The molecule has 1 aromatic heterocycles. The van der Waals surface area contributed by atoms with Gasteiger partial charge in [0.2, 0.25) is 0 Å². The van der Waals surface area contributed by atoms with Gasteiger partial charge in [-0.05, 0) is 42.8 Å². The Bertz CT molecular complexity index is 1670. The second-order valence-corrected chi connectivity index (χ2v) is 11.8. The number of thioether (sulfide) groups is 1. The topological polar surface area (TPSA) is 111 Å². The molecule has 1 aliphatic heterocycles. The third-order valence-electron chi connectivity index (χ3n) is 7.07. The van der Waals surface area contributed by atoms with Crippen LogP contribution < -0.4 is 14.8 Å². The van der Waals surface area contributed by atoms with Gasteiger partial charge in [0.25, 0.3) is 11.8 Å². The zero-order valence-corrected chi connectivity index (χ0v) is 26.6. The van der Waals surface area contributed by atoms with Crippen molar-refractivity contribution < 1.29 is 19.1 Å². The summed E-state index contributed by atoms with van der Waals surface area (Å²) in [5, 5.41) is 18.2. The maximum Gasteiger partial charge on any atom is 0.253 e.